The fraction of sp³-hybridized carbons (Fsp3) is 0.222. The van der Waals surface area contributed by atoms with Crippen molar-refractivity contribution >= 4 is 27.5 Å². The number of nitrogens with one attached hydrogen (secondary N) is 1. The van der Waals surface area contributed by atoms with E-state index in [-0.39, 0.29) is 5.91 Å². The summed E-state index contributed by atoms with van der Waals surface area (Å²) >= 11 is 3.41. The molecule has 1 amide bonds. The second-order valence-corrected chi connectivity index (χ2v) is 6.53. The highest BCUT2D eigenvalue weighted by molar-refractivity contribution is 9.10. The molecule has 0 saturated carbocycles. The third kappa shape index (κ3) is 4.73. The maximum absolute atomic E-state index is 12.1. The minimum absolute atomic E-state index is 0.0302. The van der Waals surface area contributed by atoms with Crippen molar-refractivity contribution < 1.29 is 9.32 Å². The van der Waals surface area contributed by atoms with Gasteiger partial charge in [0.2, 0.25) is 17.6 Å². The van der Waals surface area contributed by atoms with Crippen LogP contribution in [0.4, 0.5) is 5.69 Å². The van der Waals surface area contributed by atoms with Crippen LogP contribution in [0.25, 0.3) is 11.4 Å². The molecular weight excluding hydrogens is 384 g/mol. The molecule has 128 valence electrons. The Balaban J connectivity index is 1.49. The van der Waals surface area contributed by atoms with Gasteiger partial charge in [-0.1, -0.05) is 21.1 Å². The molecule has 25 heavy (non-hydrogen) atoms. The van der Waals surface area contributed by atoms with Gasteiger partial charge in [-0.25, -0.2) is 0 Å². The molecule has 0 radical (unpaired) electrons. The zero-order valence-corrected chi connectivity index (χ0v) is 15.3. The van der Waals surface area contributed by atoms with Gasteiger partial charge in [-0.3, -0.25) is 9.78 Å². The molecule has 0 aliphatic heterocycles. The van der Waals surface area contributed by atoms with Crippen molar-refractivity contribution in [2.45, 2.75) is 26.2 Å². The fourth-order valence-electron chi connectivity index (χ4n) is 2.35. The van der Waals surface area contributed by atoms with E-state index in [1.165, 1.54) is 0 Å². The van der Waals surface area contributed by atoms with Crippen LogP contribution in [-0.4, -0.2) is 21.0 Å². The minimum Gasteiger partial charge on any atom is -0.339 e. The van der Waals surface area contributed by atoms with Crippen LogP contribution < -0.4 is 5.32 Å². The highest BCUT2D eigenvalue weighted by Crippen LogP contribution is 2.20. The first-order chi connectivity index (χ1) is 12.1. The van der Waals surface area contributed by atoms with Gasteiger partial charge < -0.3 is 9.84 Å². The molecule has 0 saturated heterocycles. The Morgan fingerprint density at radius 3 is 2.96 bits per heavy atom. The van der Waals surface area contributed by atoms with Crippen LogP contribution >= 0.6 is 15.9 Å². The lowest BCUT2D eigenvalue weighted by Crippen LogP contribution is -2.12. The molecule has 0 aliphatic rings. The number of nitrogens with zero attached hydrogens (tertiary/aromatic N) is 3. The van der Waals surface area contributed by atoms with Crippen molar-refractivity contribution in [1.29, 1.82) is 0 Å². The normalized spacial score (nSPS) is 10.6. The van der Waals surface area contributed by atoms with Gasteiger partial charge in [-0.15, -0.1) is 0 Å². The summed E-state index contributed by atoms with van der Waals surface area (Å²) in [6, 6.07) is 9.44. The number of anilines is 1. The number of hydrogen-bond donors (Lipinski definition) is 1. The lowest BCUT2D eigenvalue weighted by Gasteiger charge is -2.08. The second-order valence-electron chi connectivity index (χ2n) is 5.61. The summed E-state index contributed by atoms with van der Waals surface area (Å²) < 4.78 is 6.22. The number of carbonyl (C=O) groups excluding carboxylic acids is 1. The number of halogens is 1. The average molecular weight is 401 g/mol. The van der Waals surface area contributed by atoms with Gasteiger partial charge in [0.05, 0.1) is 0 Å². The molecule has 1 N–H and O–H groups in total. The molecule has 0 bridgehead atoms. The van der Waals surface area contributed by atoms with Gasteiger partial charge >= 0.3 is 0 Å². The van der Waals surface area contributed by atoms with E-state index in [9.17, 15) is 4.79 Å². The van der Waals surface area contributed by atoms with Crippen LogP contribution in [-0.2, 0) is 11.2 Å². The highest BCUT2D eigenvalue weighted by atomic mass is 79.9. The summed E-state index contributed by atoms with van der Waals surface area (Å²) in [5, 5.41) is 6.86. The number of amides is 1. The Kier molecular flexibility index (Phi) is 5.55. The monoisotopic (exact) mass is 400 g/mol. The van der Waals surface area contributed by atoms with Crippen LogP contribution in [0.3, 0.4) is 0 Å². The number of aryl methyl sites for hydroxylation is 2. The molecule has 2 heterocycles. The number of hydrogen-bond acceptors (Lipinski definition) is 5. The zero-order chi connectivity index (χ0) is 17.6. The minimum atomic E-state index is -0.0302. The first-order valence-corrected chi connectivity index (χ1v) is 8.70. The second kappa shape index (κ2) is 8.02. The summed E-state index contributed by atoms with van der Waals surface area (Å²) in [6.07, 6.45) is 4.95. The molecule has 2 aromatic heterocycles. The van der Waals surface area contributed by atoms with Gasteiger partial charge in [-0.2, -0.15) is 4.98 Å². The summed E-state index contributed by atoms with van der Waals surface area (Å²) in [5.74, 6) is 1.00. The smallest absolute Gasteiger partial charge is 0.226 e. The summed E-state index contributed by atoms with van der Waals surface area (Å²) in [6.45, 7) is 1.96. The van der Waals surface area contributed by atoms with Crippen LogP contribution in [0.2, 0.25) is 0 Å². The third-order valence-corrected chi connectivity index (χ3v) is 4.14. The first kappa shape index (κ1) is 17.3. The topological polar surface area (TPSA) is 80.9 Å². The number of rotatable bonds is 6. The predicted molar refractivity (Wildman–Crippen MR) is 98.0 cm³/mol. The Labute approximate surface area is 153 Å². The largest absolute Gasteiger partial charge is 0.339 e. The van der Waals surface area contributed by atoms with Crippen molar-refractivity contribution in [3.8, 4) is 11.4 Å². The van der Waals surface area contributed by atoms with Gasteiger partial charge in [0.25, 0.3) is 0 Å². The third-order valence-electron chi connectivity index (χ3n) is 3.64. The maximum Gasteiger partial charge on any atom is 0.226 e. The van der Waals surface area contributed by atoms with Crippen LogP contribution in [0.1, 0.15) is 24.3 Å². The quantitative estimate of drug-likeness (QED) is 0.671. The van der Waals surface area contributed by atoms with Gasteiger partial charge in [-0.05, 0) is 49.2 Å². The molecule has 0 unspecified atom stereocenters. The van der Waals surface area contributed by atoms with Crippen molar-refractivity contribution in [2.24, 2.45) is 0 Å². The number of benzene rings is 1. The van der Waals surface area contributed by atoms with Crippen molar-refractivity contribution in [1.82, 2.24) is 15.1 Å². The van der Waals surface area contributed by atoms with E-state index in [4.69, 9.17) is 4.52 Å². The molecule has 0 fully saturated rings. The molecule has 3 rings (SSSR count). The standard InChI is InChI=1S/C18H17BrN4O2/c1-12-10-14(19)7-8-15(12)21-16(24)5-2-6-17-22-18(23-25-17)13-4-3-9-20-11-13/h3-4,7-11H,2,5-6H2,1H3,(H,21,24). The van der Waals surface area contributed by atoms with Crippen LogP contribution in [0, 0.1) is 6.92 Å². The maximum atomic E-state index is 12.1. The summed E-state index contributed by atoms with van der Waals surface area (Å²) in [7, 11) is 0. The Morgan fingerprint density at radius 2 is 2.20 bits per heavy atom. The molecule has 0 spiro atoms. The van der Waals surface area contributed by atoms with E-state index in [1.54, 1.807) is 12.4 Å². The van der Waals surface area contributed by atoms with E-state index in [0.717, 1.165) is 21.3 Å². The highest BCUT2D eigenvalue weighted by Gasteiger charge is 2.10. The summed E-state index contributed by atoms with van der Waals surface area (Å²) in [4.78, 5) is 20.4. The Hall–Kier alpha value is -2.54. The Bertz CT molecular complexity index is 865. The van der Waals surface area contributed by atoms with Crippen molar-refractivity contribution in [3.63, 3.8) is 0 Å². The first-order valence-electron chi connectivity index (χ1n) is 7.91. The lowest BCUT2D eigenvalue weighted by atomic mass is 10.2. The Morgan fingerprint density at radius 1 is 1.32 bits per heavy atom. The van der Waals surface area contributed by atoms with Crippen LogP contribution in [0.5, 0.6) is 0 Å². The van der Waals surface area contributed by atoms with Gasteiger partial charge in [0.15, 0.2) is 0 Å². The van der Waals surface area contributed by atoms with Gasteiger partial charge in [0.1, 0.15) is 0 Å². The van der Waals surface area contributed by atoms with Crippen molar-refractivity contribution in [2.75, 3.05) is 5.32 Å². The summed E-state index contributed by atoms with van der Waals surface area (Å²) in [5.41, 5.74) is 2.64. The molecule has 7 heteroatoms. The molecular formula is C18H17BrN4O2. The fourth-order valence-corrected chi connectivity index (χ4v) is 2.82. The van der Waals surface area contributed by atoms with Crippen molar-refractivity contribution in [3.05, 3.63) is 58.7 Å². The van der Waals surface area contributed by atoms with E-state index in [2.05, 4.69) is 36.4 Å². The van der Waals surface area contributed by atoms with Crippen LogP contribution in [0.15, 0.2) is 51.7 Å². The molecule has 3 aromatic rings. The van der Waals surface area contributed by atoms with E-state index in [1.807, 2.05) is 37.3 Å². The van der Waals surface area contributed by atoms with E-state index >= 15 is 0 Å². The van der Waals surface area contributed by atoms with Gasteiger partial charge in [0, 0.05) is 41.0 Å². The van der Waals surface area contributed by atoms with E-state index < -0.39 is 0 Å². The number of aromatic nitrogens is 3. The zero-order valence-electron chi connectivity index (χ0n) is 13.7. The predicted octanol–water partition coefficient (Wildman–Crippen LogP) is 4.16. The number of carbonyl (C=O) groups is 1. The molecule has 6 nitrogen and oxygen atoms in total. The average Bonchev–Trinajstić information content (AvgIpc) is 3.07. The van der Waals surface area contributed by atoms with E-state index in [0.29, 0.717) is 31.0 Å². The molecule has 0 atom stereocenters. The lowest BCUT2D eigenvalue weighted by molar-refractivity contribution is -0.116. The SMILES string of the molecule is Cc1cc(Br)ccc1NC(=O)CCCc1nc(-c2cccnc2)no1. The number of pyridine rings is 1. The molecule has 0 aliphatic carbocycles. The molecule has 1 aromatic carbocycles.